The molecule has 4 N–H and O–H groups in total. The molecule has 0 saturated heterocycles. The Morgan fingerprint density at radius 3 is 2.41 bits per heavy atom. The maximum absolute atomic E-state index is 13.2. The van der Waals surface area contributed by atoms with Gasteiger partial charge in [0.05, 0.1) is 36.5 Å². The predicted molar refractivity (Wildman–Crippen MR) is 106 cm³/mol. The molecule has 0 fully saturated rings. The minimum Gasteiger partial charge on any atom is -0.378 e. The lowest BCUT2D eigenvalue weighted by atomic mass is 10.3. The van der Waals surface area contributed by atoms with Crippen molar-refractivity contribution >= 4 is 40.7 Å². The van der Waals surface area contributed by atoms with Crippen LogP contribution >= 0.6 is 23.2 Å². The zero-order valence-electron chi connectivity index (χ0n) is 15.2. The number of rotatable bonds is 11. The van der Waals surface area contributed by atoms with E-state index in [9.17, 15) is 13.2 Å². The number of nitrogens with two attached hydrogens (primary N) is 1. The van der Waals surface area contributed by atoms with Crippen molar-refractivity contribution in [1.82, 2.24) is 9.97 Å². The quantitative estimate of drug-likeness (QED) is 0.443. The van der Waals surface area contributed by atoms with Crippen molar-refractivity contribution in [2.24, 2.45) is 5.73 Å². The number of hydrogen-bond donors (Lipinski definition) is 3. The Morgan fingerprint density at radius 1 is 1.03 bits per heavy atom. The summed E-state index contributed by atoms with van der Waals surface area (Å²) in [5, 5.41) is 6.05. The third-order valence-electron chi connectivity index (χ3n) is 3.44. The van der Waals surface area contributed by atoms with Gasteiger partial charge >= 0.3 is 6.18 Å². The fourth-order valence-electron chi connectivity index (χ4n) is 2.13. The largest absolute Gasteiger partial charge is 0.421 e. The Labute approximate surface area is 175 Å². The number of aromatic nitrogens is 2. The molecule has 1 heterocycles. The van der Waals surface area contributed by atoms with Crippen LogP contribution in [0.3, 0.4) is 0 Å². The monoisotopic (exact) mass is 453 g/mol. The van der Waals surface area contributed by atoms with Gasteiger partial charge in [0.1, 0.15) is 11.4 Å². The second-order valence-electron chi connectivity index (χ2n) is 5.65. The SMILES string of the molecule is NCCOCCOCCNc1nc(Nc2ccc(Cl)c(Cl)c2)ncc1C(F)(F)F. The molecule has 1 aromatic heterocycles. The Hall–Kier alpha value is -1.85. The van der Waals surface area contributed by atoms with Gasteiger partial charge in [-0.05, 0) is 18.2 Å². The molecular weight excluding hydrogens is 434 g/mol. The van der Waals surface area contributed by atoms with Gasteiger partial charge < -0.3 is 25.8 Å². The van der Waals surface area contributed by atoms with E-state index in [-0.39, 0.29) is 29.9 Å². The fourth-order valence-corrected chi connectivity index (χ4v) is 2.43. The third kappa shape index (κ3) is 7.82. The lowest BCUT2D eigenvalue weighted by Gasteiger charge is -2.15. The van der Waals surface area contributed by atoms with Crippen LogP contribution in [0.2, 0.25) is 10.0 Å². The molecule has 7 nitrogen and oxygen atoms in total. The molecule has 0 bridgehead atoms. The first-order valence-corrected chi connectivity index (χ1v) is 9.32. The summed E-state index contributed by atoms with van der Waals surface area (Å²) in [5.41, 5.74) is 4.78. The van der Waals surface area contributed by atoms with Crippen LogP contribution in [-0.2, 0) is 15.7 Å². The van der Waals surface area contributed by atoms with E-state index in [1.165, 1.54) is 6.07 Å². The summed E-state index contributed by atoms with van der Waals surface area (Å²) in [6, 6.07) is 4.66. The topological polar surface area (TPSA) is 94.3 Å². The van der Waals surface area contributed by atoms with E-state index in [2.05, 4.69) is 20.6 Å². The van der Waals surface area contributed by atoms with Crippen molar-refractivity contribution in [2.45, 2.75) is 6.18 Å². The summed E-state index contributed by atoms with van der Waals surface area (Å²) in [6.07, 6.45) is -3.90. The molecule has 160 valence electrons. The number of alkyl halides is 3. The highest BCUT2D eigenvalue weighted by molar-refractivity contribution is 6.42. The third-order valence-corrected chi connectivity index (χ3v) is 4.18. The van der Waals surface area contributed by atoms with Crippen molar-refractivity contribution in [3.63, 3.8) is 0 Å². The molecule has 0 spiro atoms. The highest BCUT2D eigenvalue weighted by Gasteiger charge is 2.35. The fraction of sp³-hybridized carbons (Fsp3) is 0.412. The smallest absolute Gasteiger partial charge is 0.378 e. The number of hydrogen-bond acceptors (Lipinski definition) is 7. The summed E-state index contributed by atoms with van der Waals surface area (Å²) in [6.45, 7) is 1.78. The van der Waals surface area contributed by atoms with Gasteiger partial charge in [0, 0.05) is 25.0 Å². The zero-order valence-corrected chi connectivity index (χ0v) is 16.7. The second-order valence-corrected chi connectivity index (χ2v) is 6.46. The zero-order chi connectivity index (χ0) is 21.3. The molecule has 2 rings (SSSR count). The predicted octanol–water partition coefficient (Wildman–Crippen LogP) is 3.95. The van der Waals surface area contributed by atoms with Crippen LogP contribution in [0.25, 0.3) is 0 Å². The first-order valence-electron chi connectivity index (χ1n) is 8.57. The highest BCUT2D eigenvalue weighted by Crippen LogP contribution is 2.34. The molecule has 0 aliphatic heterocycles. The molecule has 29 heavy (non-hydrogen) atoms. The lowest BCUT2D eigenvalue weighted by Crippen LogP contribution is -2.18. The van der Waals surface area contributed by atoms with Crippen LogP contribution in [0.4, 0.5) is 30.6 Å². The highest BCUT2D eigenvalue weighted by atomic mass is 35.5. The first kappa shape index (κ1) is 23.4. The van der Waals surface area contributed by atoms with E-state index in [0.29, 0.717) is 43.3 Å². The average molecular weight is 454 g/mol. The van der Waals surface area contributed by atoms with Crippen LogP contribution in [0.5, 0.6) is 0 Å². The molecule has 0 amide bonds. The summed E-state index contributed by atoms with van der Waals surface area (Å²) < 4.78 is 50.1. The maximum atomic E-state index is 13.2. The van der Waals surface area contributed by atoms with E-state index in [1.807, 2.05) is 0 Å². The first-order chi connectivity index (χ1) is 13.8. The van der Waals surface area contributed by atoms with E-state index in [1.54, 1.807) is 12.1 Å². The van der Waals surface area contributed by atoms with E-state index in [0.717, 1.165) is 0 Å². The Morgan fingerprint density at radius 2 is 1.76 bits per heavy atom. The minimum absolute atomic E-state index is 0.0324. The van der Waals surface area contributed by atoms with Gasteiger partial charge in [0.2, 0.25) is 5.95 Å². The number of nitrogens with zero attached hydrogens (tertiary/aromatic N) is 2. The summed E-state index contributed by atoms with van der Waals surface area (Å²) in [4.78, 5) is 7.64. The van der Waals surface area contributed by atoms with Gasteiger partial charge in [-0.15, -0.1) is 0 Å². The molecule has 1 aromatic carbocycles. The van der Waals surface area contributed by atoms with Gasteiger partial charge in [-0.1, -0.05) is 23.2 Å². The van der Waals surface area contributed by atoms with E-state index < -0.39 is 11.7 Å². The van der Waals surface area contributed by atoms with Crippen LogP contribution in [0, 0.1) is 0 Å². The van der Waals surface area contributed by atoms with E-state index in [4.69, 9.17) is 38.4 Å². The summed E-state index contributed by atoms with van der Waals surface area (Å²) >= 11 is 11.8. The normalized spacial score (nSPS) is 11.5. The van der Waals surface area contributed by atoms with Crippen LogP contribution in [-0.4, -0.2) is 49.5 Å². The number of benzene rings is 1. The van der Waals surface area contributed by atoms with Crippen LogP contribution in [0.15, 0.2) is 24.4 Å². The molecule has 0 aliphatic rings. The van der Waals surface area contributed by atoms with Gasteiger partial charge in [0.25, 0.3) is 0 Å². The van der Waals surface area contributed by atoms with Crippen LogP contribution < -0.4 is 16.4 Å². The van der Waals surface area contributed by atoms with Crippen molar-refractivity contribution in [2.75, 3.05) is 50.2 Å². The molecule has 0 saturated carbocycles. The number of halogens is 5. The van der Waals surface area contributed by atoms with Crippen molar-refractivity contribution < 1.29 is 22.6 Å². The molecule has 0 radical (unpaired) electrons. The van der Waals surface area contributed by atoms with Gasteiger partial charge in [-0.25, -0.2) is 4.98 Å². The Kier molecular flexibility index (Phi) is 9.18. The lowest BCUT2D eigenvalue weighted by molar-refractivity contribution is -0.137. The number of nitrogens with one attached hydrogen (secondary N) is 2. The van der Waals surface area contributed by atoms with Crippen molar-refractivity contribution in [1.29, 1.82) is 0 Å². The molecule has 2 aromatic rings. The standard InChI is InChI=1S/C17H20Cl2F3N5O2/c18-13-2-1-11(9-14(13)19)26-16-25-10-12(17(20,21)22)15(27-16)24-4-6-29-8-7-28-5-3-23/h1-2,9-10H,3-8,23H2,(H2,24,25,26,27). The maximum Gasteiger partial charge on any atom is 0.421 e. The van der Waals surface area contributed by atoms with Gasteiger partial charge in [-0.2, -0.15) is 18.2 Å². The molecule has 0 aliphatic carbocycles. The number of anilines is 3. The number of ether oxygens (including phenoxy) is 2. The molecule has 0 unspecified atom stereocenters. The minimum atomic E-state index is -4.61. The second kappa shape index (κ2) is 11.4. The van der Waals surface area contributed by atoms with Crippen LogP contribution in [0.1, 0.15) is 5.56 Å². The van der Waals surface area contributed by atoms with Gasteiger partial charge in [-0.3, -0.25) is 0 Å². The van der Waals surface area contributed by atoms with E-state index >= 15 is 0 Å². The Bertz CT molecular complexity index is 796. The van der Waals surface area contributed by atoms with Crippen molar-refractivity contribution in [3.8, 4) is 0 Å². The molecule has 12 heteroatoms. The van der Waals surface area contributed by atoms with Crippen molar-refractivity contribution in [3.05, 3.63) is 40.0 Å². The molecular formula is C17H20Cl2F3N5O2. The van der Waals surface area contributed by atoms with Gasteiger partial charge in [0.15, 0.2) is 0 Å². The summed E-state index contributed by atoms with van der Waals surface area (Å²) in [5.74, 6) is -0.395. The summed E-state index contributed by atoms with van der Waals surface area (Å²) in [7, 11) is 0. The Balaban J connectivity index is 2.00. The average Bonchev–Trinajstić information content (AvgIpc) is 2.66. The molecule has 0 atom stereocenters.